The number of para-hydroxylation sites is 1. The molecule has 0 spiro atoms. The van der Waals surface area contributed by atoms with Crippen molar-refractivity contribution in [1.29, 1.82) is 0 Å². The summed E-state index contributed by atoms with van der Waals surface area (Å²) in [5.74, 6) is -1.64. The van der Waals surface area contributed by atoms with E-state index >= 15 is 0 Å². The standard InChI is InChI=1S/C15H19N3O4/c1-2-10(14(19)20)18-13-11(17-8-6-16-7-9-17)4-3-5-12(13)22-15(18)21/h3-5,10,16H,2,6-9H2,1H3,(H,19,20). The Labute approximate surface area is 127 Å². The average Bonchev–Trinajstić information content (AvgIpc) is 2.85. The summed E-state index contributed by atoms with van der Waals surface area (Å²) in [5, 5.41) is 12.7. The highest BCUT2D eigenvalue weighted by molar-refractivity contribution is 5.89. The van der Waals surface area contributed by atoms with Crippen molar-refractivity contribution in [1.82, 2.24) is 9.88 Å². The lowest BCUT2D eigenvalue weighted by atomic mass is 10.2. The van der Waals surface area contributed by atoms with Crippen LogP contribution in [-0.4, -0.2) is 41.8 Å². The molecule has 0 saturated carbocycles. The molecule has 1 aromatic heterocycles. The molecule has 1 saturated heterocycles. The molecule has 0 amide bonds. The van der Waals surface area contributed by atoms with Gasteiger partial charge in [-0.25, -0.2) is 9.59 Å². The molecule has 0 radical (unpaired) electrons. The van der Waals surface area contributed by atoms with Gasteiger partial charge < -0.3 is 19.7 Å². The van der Waals surface area contributed by atoms with Crippen molar-refractivity contribution in [3.05, 3.63) is 28.7 Å². The highest BCUT2D eigenvalue weighted by atomic mass is 16.4. The van der Waals surface area contributed by atoms with Crippen LogP contribution in [0.2, 0.25) is 0 Å². The fraction of sp³-hybridized carbons (Fsp3) is 0.467. The molecule has 22 heavy (non-hydrogen) atoms. The fourth-order valence-electron chi connectivity index (χ4n) is 2.98. The molecule has 2 N–H and O–H groups in total. The van der Waals surface area contributed by atoms with Gasteiger partial charge in [-0.15, -0.1) is 0 Å². The second-order valence-corrected chi connectivity index (χ2v) is 5.36. The summed E-state index contributed by atoms with van der Waals surface area (Å²) in [6.45, 7) is 5.07. The summed E-state index contributed by atoms with van der Waals surface area (Å²) < 4.78 is 6.54. The normalized spacial score (nSPS) is 16.9. The van der Waals surface area contributed by atoms with Crippen LogP contribution >= 0.6 is 0 Å². The Hall–Kier alpha value is -2.28. The Morgan fingerprint density at radius 1 is 1.41 bits per heavy atom. The third kappa shape index (κ3) is 2.37. The summed E-state index contributed by atoms with van der Waals surface area (Å²) in [5.41, 5.74) is 1.86. The SMILES string of the molecule is CCC(C(=O)O)n1c(=O)oc2cccc(N3CCNCC3)c21. The molecule has 3 rings (SSSR count). The van der Waals surface area contributed by atoms with Gasteiger partial charge in [-0.2, -0.15) is 0 Å². The molecular weight excluding hydrogens is 286 g/mol. The highest BCUT2D eigenvalue weighted by Crippen LogP contribution is 2.29. The molecule has 1 aromatic carbocycles. The average molecular weight is 305 g/mol. The van der Waals surface area contributed by atoms with Crippen LogP contribution in [0.5, 0.6) is 0 Å². The topological polar surface area (TPSA) is 87.7 Å². The van der Waals surface area contributed by atoms with E-state index < -0.39 is 17.8 Å². The zero-order chi connectivity index (χ0) is 15.7. The summed E-state index contributed by atoms with van der Waals surface area (Å²) in [7, 11) is 0. The minimum absolute atomic E-state index is 0.319. The second-order valence-electron chi connectivity index (χ2n) is 5.36. The van der Waals surface area contributed by atoms with Crippen molar-refractivity contribution >= 4 is 22.8 Å². The van der Waals surface area contributed by atoms with Gasteiger partial charge in [0.1, 0.15) is 11.6 Å². The van der Waals surface area contributed by atoms with Crippen molar-refractivity contribution in [3.63, 3.8) is 0 Å². The predicted octanol–water partition coefficient (Wildman–Crippen LogP) is 1.04. The third-order valence-electron chi connectivity index (χ3n) is 4.05. The maximum atomic E-state index is 12.2. The maximum Gasteiger partial charge on any atom is 0.420 e. The van der Waals surface area contributed by atoms with Crippen molar-refractivity contribution in [3.8, 4) is 0 Å². The van der Waals surface area contributed by atoms with E-state index in [0.717, 1.165) is 31.9 Å². The number of carboxylic acids is 1. The largest absolute Gasteiger partial charge is 0.480 e. The monoisotopic (exact) mass is 305 g/mol. The quantitative estimate of drug-likeness (QED) is 0.877. The number of hydrogen-bond donors (Lipinski definition) is 2. The van der Waals surface area contributed by atoms with Gasteiger partial charge in [-0.05, 0) is 18.6 Å². The summed E-state index contributed by atoms with van der Waals surface area (Å²) in [6, 6.07) is 4.52. The summed E-state index contributed by atoms with van der Waals surface area (Å²) in [6.07, 6.45) is 0.319. The number of fused-ring (bicyclic) bond motifs is 1. The number of nitrogens with one attached hydrogen (secondary N) is 1. The zero-order valence-electron chi connectivity index (χ0n) is 12.4. The molecule has 0 aliphatic carbocycles. The molecule has 118 valence electrons. The second kappa shape index (κ2) is 5.84. The molecular formula is C15H19N3O4. The first-order valence-corrected chi connectivity index (χ1v) is 7.46. The number of carboxylic acid groups (broad SMARTS) is 1. The number of oxazole rings is 1. The number of nitrogens with zero attached hydrogens (tertiary/aromatic N) is 2. The van der Waals surface area contributed by atoms with Crippen LogP contribution in [0.25, 0.3) is 11.1 Å². The van der Waals surface area contributed by atoms with E-state index in [1.54, 1.807) is 13.0 Å². The minimum Gasteiger partial charge on any atom is -0.480 e. The van der Waals surface area contributed by atoms with E-state index in [9.17, 15) is 14.7 Å². The first-order valence-electron chi connectivity index (χ1n) is 7.46. The van der Waals surface area contributed by atoms with Gasteiger partial charge in [-0.1, -0.05) is 13.0 Å². The number of aromatic nitrogens is 1. The van der Waals surface area contributed by atoms with Crippen LogP contribution in [0.15, 0.2) is 27.4 Å². The molecule has 1 atom stereocenters. The number of carbonyl (C=O) groups is 1. The molecule has 1 fully saturated rings. The Morgan fingerprint density at radius 3 is 2.77 bits per heavy atom. The zero-order valence-corrected chi connectivity index (χ0v) is 12.4. The van der Waals surface area contributed by atoms with Crippen molar-refractivity contribution < 1.29 is 14.3 Å². The Morgan fingerprint density at radius 2 is 2.14 bits per heavy atom. The molecule has 2 heterocycles. The van der Waals surface area contributed by atoms with Crippen LogP contribution in [0, 0.1) is 0 Å². The van der Waals surface area contributed by atoms with E-state index in [1.165, 1.54) is 4.57 Å². The summed E-state index contributed by atoms with van der Waals surface area (Å²) >= 11 is 0. The van der Waals surface area contributed by atoms with Gasteiger partial charge in [-0.3, -0.25) is 4.57 Å². The number of piperazine rings is 1. The number of anilines is 1. The molecule has 7 nitrogen and oxygen atoms in total. The molecule has 7 heteroatoms. The highest BCUT2D eigenvalue weighted by Gasteiger charge is 2.26. The van der Waals surface area contributed by atoms with E-state index in [2.05, 4.69) is 10.2 Å². The van der Waals surface area contributed by atoms with Gasteiger partial charge in [0.25, 0.3) is 0 Å². The molecule has 1 aliphatic heterocycles. The van der Waals surface area contributed by atoms with Crippen LogP contribution in [0.4, 0.5) is 5.69 Å². The smallest absolute Gasteiger partial charge is 0.420 e. The first-order chi connectivity index (χ1) is 10.6. The van der Waals surface area contributed by atoms with Gasteiger partial charge in [0.05, 0.1) is 5.69 Å². The van der Waals surface area contributed by atoms with Crippen molar-refractivity contribution in [2.45, 2.75) is 19.4 Å². The first kappa shape index (κ1) is 14.6. The van der Waals surface area contributed by atoms with E-state index in [-0.39, 0.29) is 0 Å². The number of benzene rings is 1. The maximum absolute atomic E-state index is 12.2. The van der Waals surface area contributed by atoms with Gasteiger partial charge in [0, 0.05) is 26.2 Å². The van der Waals surface area contributed by atoms with E-state index in [0.29, 0.717) is 17.5 Å². The lowest BCUT2D eigenvalue weighted by Crippen LogP contribution is -2.43. The van der Waals surface area contributed by atoms with Crippen molar-refractivity contribution in [2.75, 3.05) is 31.1 Å². The van der Waals surface area contributed by atoms with Crippen LogP contribution in [-0.2, 0) is 4.79 Å². The number of rotatable bonds is 4. The van der Waals surface area contributed by atoms with Crippen LogP contribution < -0.4 is 16.0 Å². The summed E-state index contributed by atoms with van der Waals surface area (Å²) in [4.78, 5) is 25.8. The van der Waals surface area contributed by atoms with E-state index in [1.807, 2.05) is 12.1 Å². The third-order valence-corrected chi connectivity index (χ3v) is 4.05. The molecule has 1 unspecified atom stereocenters. The Kier molecular flexibility index (Phi) is 3.89. The number of hydrogen-bond acceptors (Lipinski definition) is 5. The van der Waals surface area contributed by atoms with E-state index in [4.69, 9.17) is 4.42 Å². The minimum atomic E-state index is -1.03. The van der Waals surface area contributed by atoms with Crippen LogP contribution in [0.1, 0.15) is 19.4 Å². The van der Waals surface area contributed by atoms with Gasteiger partial charge in [0.2, 0.25) is 0 Å². The van der Waals surface area contributed by atoms with Gasteiger partial charge in [0.15, 0.2) is 5.58 Å². The molecule has 1 aliphatic rings. The molecule has 2 aromatic rings. The lowest BCUT2D eigenvalue weighted by Gasteiger charge is -2.30. The van der Waals surface area contributed by atoms with Crippen LogP contribution in [0.3, 0.4) is 0 Å². The Bertz CT molecular complexity index is 743. The lowest BCUT2D eigenvalue weighted by molar-refractivity contribution is -0.141. The fourth-order valence-corrected chi connectivity index (χ4v) is 2.98. The van der Waals surface area contributed by atoms with Crippen molar-refractivity contribution in [2.24, 2.45) is 0 Å². The predicted molar refractivity (Wildman–Crippen MR) is 82.5 cm³/mol. The Balaban J connectivity index is 2.21. The molecule has 0 bridgehead atoms. The number of aliphatic carboxylic acids is 1. The van der Waals surface area contributed by atoms with Gasteiger partial charge >= 0.3 is 11.7 Å².